The van der Waals surface area contributed by atoms with E-state index in [1.165, 1.54) is 0 Å². The summed E-state index contributed by atoms with van der Waals surface area (Å²) in [6.07, 6.45) is 5.22. The molecule has 1 saturated heterocycles. The molecule has 0 aromatic carbocycles. The van der Waals surface area contributed by atoms with Crippen LogP contribution in [0.3, 0.4) is 0 Å². The van der Waals surface area contributed by atoms with Crippen LogP contribution in [0.4, 0.5) is 0 Å². The third-order valence-electron chi connectivity index (χ3n) is 3.82. The standard InChI is InChI=1S/C15H27NO4/c1-3-4-11-20-12(2)15(19)16-10-6-5-7-13(16)8-9-14(17)18/h12-13H,3-11H2,1-2H3,(H,17,18)/t12-,13+/m1/s1. The smallest absolute Gasteiger partial charge is 0.303 e. The number of hydrogen-bond acceptors (Lipinski definition) is 3. The molecule has 5 heteroatoms. The predicted molar refractivity (Wildman–Crippen MR) is 76.5 cm³/mol. The molecule has 0 radical (unpaired) electrons. The fraction of sp³-hybridized carbons (Fsp3) is 0.867. The van der Waals surface area contributed by atoms with Crippen LogP contribution in [-0.4, -0.2) is 47.2 Å². The number of amides is 1. The lowest BCUT2D eigenvalue weighted by atomic mass is 9.97. The fourth-order valence-corrected chi connectivity index (χ4v) is 2.59. The van der Waals surface area contributed by atoms with Crippen molar-refractivity contribution in [3.05, 3.63) is 0 Å². The molecular weight excluding hydrogens is 258 g/mol. The van der Waals surface area contributed by atoms with Gasteiger partial charge in [-0.1, -0.05) is 13.3 Å². The molecule has 0 unspecified atom stereocenters. The van der Waals surface area contributed by atoms with Crippen molar-refractivity contribution in [2.45, 2.75) is 70.9 Å². The van der Waals surface area contributed by atoms with E-state index in [2.05, 4.69) is 6.92 Å². The third-order valence-corrected chi connectivity index (χ3v) is 3.82. The molecule has 0 bridgehead atoms. The minimum Gasteiger partial charge on any atom is -0.481 e. The van der Waals surface area contributed by atoms with Gasteiger partial charge in [0.25, 0.3) is 5.91 Å². The number of rotatable bonds is 8. The minimum absolute atomic E-state index is 0.0104. The lowest BCUT2D eigenvalue weighted by Gasteiger charge is -2.37. The molecular formula is C15H27NO4. The van der Waals surface area contributed by atoms with E-state index < -0.39 is 12.1 Å². The van der Waals surface area contributed by atoms with Gasteiger partial charge in [-0.2, -0.15) is 0 Å². The number of aliphatic carboxylic acids is 1. The highest BCUT2D eigenvalue weighted by atomic mass is 16.5. The maximum atomic E-state index is 12.4. The van der Waals surface area contributed by atoms with Gasteiger partial charge in [0.2, 0.25) is 0 Å². The molecule has 1 aliphatic rings. The van der Waals surface area contributed by atoms with Crippen molar-refractivity contribution in [2.75, 3.05) is 13.2 Å². The summed E-state index contributed by atoms with van der Waals surface area (Å²) < 4.78 is 5.56. The van der Waals surface area contributed by atoms with Crippen LogP contribution < -0.4 is 0 Å². The summed E-state index contributed by atoms with van der Waals surface area (Å²) in [5.74, 6) is -0.786. The Morgan fingerprint density at radius 2 is 2.15 bits per heavy atom. The first-order valence-electron chi connectivity index (χ1n) is 7.70. The van der Waals surface area contributed by atoms with Crippen LogP contribution in [0.1, 0.15) is 58.8 Å². The largest absolute Gasteiger partial charge is 0.481 e. The molecule has 0 spiro atoms. The number of carbonyl (C=O) groups excluding carboxylic acids is 1. The van der Waals surface area contributed by atoms with Crippen LogP contribution in [0.15, 0.2) is 0 Å². The Morgan fingerprint density at radius 3 is 2.80 bits per heavy atom. The Hall–Kier alpha value is -1.10. The van der Waals surface area contributed by atoms with Crippen LogP contribution in [0, 0.1) is 0 Å². The number of likely N-dealkylation sites (tertiary alicyclic amines) is 1. The molecule has 20 heavy (non-hydrogen) atoms. The number of piperidine rings is 1. The summed E-state index contributed by atoms with van der Waals surface area (Å²) in [4.78, 5) is 24.9. The molecule has 1 heterocycles. The van der Waals surface area contributed by atoms with Crippen LogP contribution in [-0.2, 0) is 14.3 Å². The average molecular weight is 285 g/mol. The molecule has 1 amide bonds. The Balaban J connectivity index is 2.50. The zero-order valence-electron chi connectivity index (χ0n) is 12.6. The number of nitrogens with zero attached hydrogens (tertiary/aromatic N) is 1. The van der Waals surface area contributed by atoms with E-state index in [4.69, 9.17) is 9.84 Å². The van der Waals surface area contributed by atoms with Crippen molar-refractivity contribution in [3.63, 3.8) is 0 Å². The maximum absolute atomic E-state index is 12.4. The molecule has 0 aromatic heterocycles. The van der Waals surface area contributed by atoms with E-state index in [9.17, 15) is 9.59 Å². The second kappa shape index (κ2) is 8.95. The van der Waals surface area contributed by atoms with E-state index in [1.54, 1.807) is 6.92 Å². The lowest BCUT2D eigenvalue weighted by Crippen LogP contribution is -2.48. The molecule has 1 N–H and O–H groups in total. The van der Waals surface area contributed by atoms with Gasteiger partial charge in [-0.3, -0.25) is 9.59 Å². The van der Waals surface area contributed by atoms with Gasteiger partial charge in [0.1, 0.15) is 6.10 Å². The summed E-state index contributed by atoms with van der Waals surface area (Å²) in [6, 6.07) is 0.0598. The molecule has 0 aliphatic carbocycles. The van der Waals surface area contributed by atoms with Gasteiger partial charge in [-0.05, 0) is 39.0 Å². The number of hydrogen-bond donors (Lipinski definition) is 1. The van der Waals surface area contributed by atoms with Gasteiger partial charge in [-0.15, -0.1) is 0 Å². The maximum Gasteiger partial charge on any atom is 0.303 e. The molecule has 1 rings (SSSR count). The zero-order chi connectivity index (χ0) is 15.0. The topological polar surface area (TPSA) is 66.8 Å². The Kier molecular flexibility index (Phi) is 7.59. The molecule has 5 nitrogen and oxygen atoms in total. The first kappa shape index (κ1) is 17.0. The number of unbranched alkanes of at least 4 members (excludes halogenated alkanes) is 1. The van der Waals surface area contributed by atoms with Crippen molar-refractivity contribution in [1.82, 2.24) is 4.90 Å². The van der Waals surface area contributed by atoms with E-state index >= 15 is 0 Å². The quantitative estimate of drug-likeness (QED) is 0.696. The summed E-state index contributed by atoms with van der Waals surface area (Å²) in [7, 11) is 0. The highest BCUT2D eigenvalue weighted by Gasteiger charge is 2.30. The molecule has 0 aromatic rings. The minimum atomic E-state index is -0.796. The molecule has 2 atom stereocenters. The SMILES string of the molecule is CCCCO[C@H](C)C(=O)N1CCCC[C@H]1CCC(=O)O. The fourth-order valence-electron chi connectivity index (χ4n) is 2.59. The second-order valence-corrected chi connectivity index (χ2v) is 5.48. The summed E-state index contributed by atoms with van der Waals surface area (Å²) in [5.41, 5.74) is 0. The van der Waals surface area contributed by atoms with E-state index in [-0.39, 0.29) is 18.4 Å². The highest BCUT2D eigenvalue weighted by molar-refractivity contribution is 5.81. The predicted octanol–water partition coefficient (Wildman–Crippen LogP) is 2.44. The Labute approximate surface area is 121 Å². The van der Waals surface area contributed by atoms with Gasteiger partial charge in [0, 0.05) is 25.6 Å². The number of carboxylic acids is 1. The second-order valence-electron chi connectivity index (χ2n) is 5.48. The molecule has 1 fully saturated rings. The van der Waals surface area contributed by atoms with Crippen LogP contribution in [0.25, 0.3) is 0 Å². The van der Waals surface area contributed by atoms with E-state index in [0.717, 1.165) is 38.6 Å². The highest BCUT2D eigenvalue weighted by Crippen LogP contribution is 2.22. The van der Waals surface area contributed by atoms with E-state index in [1.807, 2.05) is 4.90 Å². The Morgan fingerprint density at radius 1 is 1.40 bits per heavy atom. The average Bonchev–Trinajstić information content (AvgIpc) is 2.44. The lowest BCUT2D eigenvalue weighted by molar-refractivity contribution is -0.148. The van der Waals surface area contributed by atoms with Crippen molar-refractivity contribution < 1.29 is 19.4 Å². The molecule has 0 saturated carbocycles. The zero-order valence-corrected chi connectivity index (χ0v) is 12.6. The summed E-state index contributed by atoms with van der Waals surface area (Å²) in [5, 5.41) is 8.79. The van der Waals surface area contributed by atoms with Crippen LogP contribution in [0.5, 0.6) is 0 Å². The first-order valence-corrected chi connectivity index (χ1v) is 7.70. The van der Waals surface area contributed by atoms with Gasteiger partial charge in [-0.25, -0.2) is 0 Å². The molecule has 116 valence electrons. The monoisotopic (exact) mass is 285 g/mol. The van der Waals surface area contributed by atoms with Crippen LogP contribution in [0.2, 0.25) is 0 Å². The summed E-state index contributed by atoms with van der Waals surface area (Å²) in [6.45, 7) is 5.21. The number of carboxylic acid groups (broad SMARTS) is 1. The van der Waals surface area contributed by atoms with Crippen LogP contribution >= 0.6 is 0 Å². The van der Waals surface area contributed by atoms with Gasteiger partial charge < -0.3 is 14.7 Å². The normalized spacial score (nSPS) is 20.7. The van der Waals surface area contributed by atoms with Crippen molar-refractivity contribution in [1.29, 1.82) is 0 Å². The Bertz CT molecular complexity index is 319. The van der Waals surface area contributed by atoms with Gasteiger partial charge in [0.15, 0.2) is 0 Å². The van der Waals surface area contributed by atoms with E-state index in [0.29, 0.717) is 13.0 Å². The third kappa shape index (κ3) is 5.49. The summed E-state index contributed by atoms with van der Waals surface area (Å²) >= 11 is 0. The van der Waals surface area contributed by atoms with Crippen molar-refractivity contribution in [2.24, 2.45) is 0 Å². The van der Waals surface area contributed by atoms with Crippen molar-refractivity contribution in [3.8, 4) is 0 Å². The van der Waals surface area contributed by atoms with Crippen molar-refractivity contribution >= 4 is 11.9 Å². The first-order chi connectivity index (χ1) is 9.56. The number of carbonyl (C=O) groups is 2. The molecule has 1 aliphatic heterocycles. The number of ether oxygens (including phenoxy) is 1. The van der Waals surface area contributed by atoms with Gasteiger partial charge in [0.05, 0.1) is 0 Å². The van der Waals surface area contributed by atoms with Gasteiger partial charge >= 0.3 is 5.97 Å².